The van der Waals surface area contributed by atoms with E-state index in [1.807, 2.05) is 13.0 Å². The summed E-state index contributed by atoms with van der Waals surface area (Å²) >= 11 is 5.96. The molecule has 2 aromatic carbocycles. The molecule has 0 aliphatic heterocycles. The number of halogens is 1. The van der Waals surface area contributed by atoms with Gasteiger partial charge in [0, 0.05) is 22.7 Å². The van der Waals surface area contributed by atoms with E-state index in [9.17, 15) is 23.3 Å². The molecule has 0 heterocycles. The Bertz CT molecular complexity index is 1090. The fourth-order valence-electron chi connectivity index (χ4n) is 2.47. The van der Waals surface area contributed by atoms with Crippen molar-refractivity contribution in [1.29, 1.82) is 0 Å². The normalized spacial score (nSPS) is 11.4. The molecule has 29 heavy (non-hydrogen) atoms. The van der Waals surface area contributed by atoms with Crippen LogP contribution in [0.2, 0.25) is 5.02 Å². The van der Waals surface area contributed by atoms with Crippen molar-refractivity contribution in [2.75, 3.05) is 17.1 Å². The van der Waals surface area contributed by atoms with Gasteiger partial charge in [-0.1, -0.05) is 23.7 Å². The SMILES string of the molecule is Cc1cccc(N(CC(=O)N/N=C/c2cc([N+](=O)[O-])ccc2Cl)S(C)(=O)=O)c1C. The van der Waals surface area contributed by atoms with Crippen molar-refractivity contribution >= 4 is 45.1 Å². The lowest BCUT2D eigenvalue weighted by atomic mass is 10.1. The quantitative estimate of drug-likeness (QED) is 0.404. The van der Waals surface area contributed by atoms with Gasteiger partial charge >= 0.3 is 0 Å². The van der Waals surface area contributed by atoms with Gasteiger partial charge in [0.15, 0.2) is 0 Å². The molecule has 9 nitrogen and oxygen atoms in total. The first kappa shape index (κ1) is 22.3. The number of hydrazone groups is 1. The predicted octanol–water partition coefficient (Wildman–Crippen LogP) is 2.78. The number of nitro benzene ring substituents is 1. The van der Waals surface area contributed by atoms with Crippen LogP contribution in [-0.2, 0) is 14.8 Å². The number of carbonyl (C=O) groups is 1. The number of non-ortho nitro benzene ring substituents is 1. The first-order valence-corrected chi connectivity index (χ1v) is 10.5. The summed E-state index contributed by atoms with van der Waals surface area (Å²) in [6.45, 7) is 3.12. The van der Waals surface area contributed by atoms with Gasteiger partial charge in [-0.05, 0) is 37.1 Å². The molecule has 2 aromatic rings. The van der Waals surface area contributed by atoms with Gasteiger partial charge < -0.3 is 0 Å². The average Bonchev–Trinajstić information content (AvgIpc) is 2.63. The summed E-state index contributed by atoms with van der Waals surface area (Å²) in [6, 6.07) is 8.95. The smallest absolute Gasteiger partial charge is 0.270 e. The summed E-state index contributed by atoms with van der Waals surface area (Å²) in [5, 5.41) is 14.8. The zero-order valence-corrected chi connectivity index (χ0v) is 17.5. The Kier molecular flexibility index (Phi) is 6.93. The van der Waals surface area contributed by atoms with Crippen molar-refractivity contribution in [1.82, 2.24) is 5.43 Å². The largest absolute Gasteiger partial charge is 0.271 e. The van der Waals surface area contributed by atoms with E-state index in [-0.39, 0.29) is 16.3 Å². The Hall–Kier alpha value is -2.98. The zero-order valence-electron chi connectivity index (χ0n) is 15.9. The highest BCUT2D eigenvalue weighted by atomic mass is 35.5. The molecular formula is C18H19ClN4O5S. The summed E-state index contributed by atoms with van der Waals surface area (Å²) in [4.78, 5) is 22.5. The van der Waals surface area contributed by atoms with Crippen LogP contribution in [0.1, 0.15) is 16.7 Å². The van der Waals surface area contributed by atoms with E-state index >= 15 is 0 Å². The molecule has 0 bridgehead atoms. The maximum Gasteiger partial charge on any atom is 0.270 e. The number of hydrogen-bond acceptors (Lipinski definition) is 6. The van der Waals surface area contributed by atoms with Crippen molar-refractivity contribution in [2.45, 2.75) is 13.8 Å². The Morgan fingerprint density at radius 2 is 2.00 bits per heavy atom. The van der Waals surface area contributed by atoms with E-state index in [0.29, 0.717) is 5.69 Å². The van der Waals surface area contributed by atoms with Crippen LogP contribution in [0.25, 0.3) is 0 Å². The zero-order chi connectivity index (χ0) is 21.8. The van der Waals surface area contributed by atoms with Crippen LogP contribution in [0.5, 0.6) is 0 Å². The van der Waals surface area contributed by atoms with Crippen LogP contribution >= 0.6 is 11.6 Å². The Labute approximate surface area is 173 Å². The number of benzene rings is 2. The van der Waals surface area contributed by atoms with Crippen LogP contribution in [-0.4, -0.2) is 38.3 Å². The number of nitrogens with one attached hydrogen (secondary N) is 1. The van der Waals surface area contributed by atoms with Crippen LogP contribution in [0.4, 0.5) is 11.4 Å². The number of carbonyl (C=O) groups excluding carboxylic acids is 1. The molecule has 0 spiro atoms. The van der Waals surface area contributed by atoms with Crippen molar-refractivity contribution in [3.63, 3.8) is 0 Å². The van der Waals surface area contributed by atoms with Gasteiger partial charge in [-0.15, -0.1) is 0 Å². The van der Waals surface area contributed by atoms with Gasteiger partial charge in [-0.25, -0.2) is 13.8 Å². The van der Waals surface area contributed by atoms with Crippen molar-refractivity contribution in [3.05, 3.63) is 68.2 Å². The standard InChI is InChI=1S/C18H19ClN4O5S/c1-12-5-4-6-17(13(12)2)22(29(3,27)28)11-18(24)21-20-10-14-9-15(23(25)26)7-8-16(14)19/h4-10H,11H2,1-3H3,(H,21,24)/b20-10+. The average molecular weight is 439 g/mol. The maximum atomic E-state index is 12.2. The fraction of sp³-hybridized carbons (Fsp3) is 0.222. The predicted molar refractivity (Wildman–Crippen MR) is 112 cm³/mol. The summed E-state index contributed by atoms with van der Waals surface area (Å²) < 4.78 is 25.4. The van der Waals surface area contributed by atoms with E-state index in [0.717, 1.165) is 27.9 Å². The van der Waals surface area contributed by atoms with E-state index in [1.165, 1.54) is 18.2 Å². The fourth-order valence-corrected chi connectivity index (χ4v) is 3.54. The van der Waals surface area contributed by atoms with Crippen LogP contribution in [0.3, 0.4) is 0 Å². The van der Waals surface area contributed by atoms with E-state index in [1.54, 1.807) is 19.1 Å². The minimum atomic E-state index is -3.73. The van der Waals surface area contributed by atoms with Crippen LogP contribution in [0.15, 0.2) is 41.5 Å². The molecule has 1 amide bonds. The monoisotopic (exact) mass is 438 g/mol. The Morgan fingerprint density at radius 1 is 1.31 bits per heavy atom. The van der Waals surface area contributed by atoms with E-state index in [2.05, 4.69) is 10.5 Å². The summed E-state index contributed by atoms with van der Waals surface area (Å²) in [6.07, 6.45) is 2.16. The molecule has 1 N–H and O–H groups in total. The molecule has 0 aliphatic rings. The molecule has 0 saturated carbocycles. The minimum Gasteiger partial charge on any atom is -0.271 e. The van der Waals surface area contributed by atoms with Crippen molar-refractivity contribution in [2.24, 2.45) is 5.10 Å². The number of aryl methyl sites for hydroxylation is 1. The first-order valence-electron chi connectivity index (χ1n) is 8.30. The van der Waals surface area contributed by atoms with Gasteiger partial charge in [0.25, 0.3) is 11.6 Å². The summed E-state index contributed by atoms with van der Waals surface area (Å²) in [7, 11) is -3.73. The second kappa shape index (κ2) is 9.01. The summed E-state index contributed by atoms with van der Waals surface area (Å²) in [5.41, 5.74) is 4.28. The number of hydrogen-bond donors (Lipinski definition) is 1. The summed E-state index contributed by atoms with van der Waals surface area (Å²) in [5.74, 6) is -0.686. The molecule has 0 saturated heterocycles. The molecule has 154 valence electrons. The third kappa shape index (κ3) is 5.75. The number of amides is 1. The van der Waals surface area contributed by atoms with Crippen molar-refractivity contribution in [3.8, 4) is 0 Å². The van der Waals surface area contributed by atoms with Gasteiger partial charge in [0.2, 0.25) is 10.0 Å². The highest BCUT2D eigenvalue weighted by molar-refractivity contribution is 7.92. The molecule has 0 unspecified atom stereocenters. The van der Waals surface area contributed by atoms with Crippen LogP contribution < -0.4 is 9.73 Å². The van der Waals surface area contributed by atoms with Crippen LogP contribution in [0, 0.1) is 24.0 Å². The highest BCUT2D eigenvalue weighted by Gasteiger charge is 2.22. The Balaban J connectivity index is 2.18. The van der Waals surface area contributed by atoms with E-state index in [4.69, 9.17) is 11.6 Å². The third-order valence-electron chi connectivity index (χ3n) is 4.12. The van der Waals surface area contributed by atoms with Crippen molar-refractivity contribution < 1.29 is 18.1 Å². The first-order chi connectivity index (χ1) is 13.5. The lowest BCUT2D eigenvalue weighted by Crippen LogP contribution is -2.39. The second-order valence-corrected chi connectivity index (χ2v) is 8.56. The lowest BCUT2D eigenvalue weighted by Gasteiger charge is -2.23. The lowest BCUT2D eigenvalue weighted by molar-refractivity contribution is -0.384. The molecular weight excluding hydrogens is 420 g/mol. The van der Waals surface area contributed by atoms with Gasteiger partial charge in [-0.3, -0.25) is 19.2 Å². The van der Waals surface area contributed by atoms with E-state index < -0.39 is 27.4 Å². The number of anilines is 1. The van der Waals surface area contributed by atoms with Gasteiger partial charge in [-0.2, -0.15) is 5.10 Å². The number of nitro groups is 1. The molecule has 2 rings (SSSR count). The molecule has 0 radical (unpaired) electrons. The highest BCUT2D eigenvalue weighted by Crippen LogP contribution is 2.24. The van der Waals surface area contributed by atoms with Gasteiger partial charge in [0.1, 0.15) is 6.54 Å². The topological polar surface area (TPSA) is 122 Å². The molecule has 0 aromatic heterocycles. The number of nitrogens with zero attached hydrogens (tertiary/aromatic N) is 3. The van der Waals surface area contributed by atoms with Gasteiger partial charge in [0.05, 0.1) is 23.1 Å². The minimum absolute atomic E-state index is 0.180. The number of sulfonamides is 1. The molecule has 11 heteroatoms. The molecule has 0 fully saturated rings. The maximum absolute atomic E-state index is 12.2. The number of rotatable bonds is 7. The third-order valence-corrected chi connectivity index (χ3v) is 5.59. The molecule has 0 aliphatic carbocycles. The second-order valence-electron chi connectivity index (χ2n) is 6.24. The molecule has 0 atom stereocenters. The Morgan fingerprint density at radius 3 is 2.62 bits per heavy atom.